The Hall–Kier alpha value is -3.03. The van der Waals surface area contributed by atoms with Crippen LogP contribution in [0.25, 0.3) is 6.08 Å². The summed E-state index contributed by atoms with van der Waals surface area (Å²) in [6.45, 7) is 3.70. The third-order valence-electron chi connectivity index (χ3n) is 4.72. The minimum absolute atomic E-state index is 0.220. The van der Waals surface area contributed by atoms with Crippen LogP contribution in [0.5, 0.6) is 0 Å². The lowest BCUT2D eigenvalue weighted by Crippen LogP contribution is -2.40. The zero-order chi connectivity index (χ0) is 21.3. The van der Waals surface area contributed by atoms with Crippen molar-refractivity contribution in [3.05, 3.63) is 95.9 Å². The normalized spacial score (nSPS) is 16.2. The van der Waals surface area contributed by atoms with Crippen molar-refractivity contribution in [2.75, 3.05) is 6.61 Å². The molecule has 1 aromatic carbocycles. The van der Waals surface area contributed by atoms with Crippen LogP contribution in [-0.4, -0.2) is 22.1 Å². The molecule has 6 nitrogen and oxygen atoms in total. The number of carbonyl (C=O) groups is 1. The summed E-state index contributed by atoms with van der Waals surface area (Å²) >= 11 is 7.75. The van der Waals surface area contributed by atoms with E-state index in [2.05, 4.69) is 9.98 Å². The molecule has 1 aliphatic heterocycles. The van der Waals surface area contributed by atoms with Crippen molar-refractivity contribution in [3.8, 4) is 0 Å². The van der Waals surface area contributed by atoms with Crippen LogP contribution in [0.3, 0.4) is 0 Å². The summed E-state index contributed by atoms with van der Waals surface area (Å²) in [6, 6.07) is 10.1. The maximum Gasteiger partial charge on any atom is 0.338 e. The summed E-state index contributed by atoms with van der Waals surface area (Å²) in [5, 5.41) is 0.461. The largest absolute Gasteiger partial charge is 0.463 e. The van der Waals surface area contributed by atoms with Crippen LogP contribution in [0.1, 0.15) is 31.0 Å². The van der Waals surface area contributed by atoms with Gasteiger partial charge in [-0.05, 0) is 49.2 Å². The van der Waals surface area contributed by atoms with Gasteiger partial charge in [0.15, 0.2) is 4.80 Å². The fourth-order valence-corrected chi connectivity index (χ4v) is 4.68. The number of esters is 1. The first-order valence-corrected chi connectivity index (χ1v) is 10.5. The molecule has 30 heavy (non-hydrogen) atoms. The van der Waals surface area contributed by atoms with E-state index >= 15 is 0 Å². The van der Waals surface area contributed by atoms with E-state index in [1.807, 2.05) is 24.3 Å². The van der Waals surface area contributed by atoms with Crippen LogP contribution in [0.15, 0.2) is 69.8 Å². The van der Waals surface area contributed by atoms with Gasteiger partial charge in [0, 0.05) is 17.4 Å². The predicted octanol–water partition coefficient (Wildman–Crippen LogP) is 2.85. The molecule has 0 saturated carbocycles. The molecule has 0 spiro atoms. The lowest BCUT2D eigenvalue weighted by Gasteiger charge is -2.25. The lowest BCUT2D eigenvalue weighted by atomic mass is 9.96. The van der Waals surface area contributed by atoms with Gasteiger partial charge >= 0.3 is 5.97 Å². The average molecular weight is 440 g/mol. The molecule has 0 N–H and O–H groups in total. The summed E-state index contributed by atoms with van der Waals surface area (Å²) in [5.74, 6) is -0.507. The Balaban J connectivity index is 1.99. The van der Waals surface area contributed by atoms with Crippen LogP contribution in [0.2, 0.25) is 5.02 Å². The molecule has 4 rings (SSSR count). The van der Waals surface area contributed by atoms with Crippen LogP contribution >= 0.6 is 22.9 Å². The SMILES string of the molecule is CCOC(=O)C1=C(C)N=c2s/c(=C\c3ccncc3)c(=O)n2[C@H]1c1ccccc1Cl. The monoisotopic (exact) mass is 439 g/mol. The zero-order valence-corrected chi connectivity index (χ0v) is 17.9. The first-order valence-electron chi connectivity index (χ1n) is 9.35. The van der Waals surface area contributed by atoms with E-state index in [0.29, 0.717) is 31.2 Å². The molecular formula is C22H18ClN3O3S. The van der Waals surface area contributed by atoms with Gasteiger partial charge in [0.25, 0.3) is 5.56 Å². The fraction of sp³-hybridized carbons (Fsp3) is 0.182. The van der Waals surface area contributed by atoms with Crippen LogP contribution in [-0.2, 0) is 9.53 Å². The van der Waals surface area contributed by atoms with Gasteiger partial charge in [0.2, 0.25) is 0 Å². The second-order valence-corrected chi connectivity index (χ2v) is 8.02. The Bertz CT molecular complexity index is 1330. The Morgan fingerprint density at radius 3 is 2.70 bits per heavy atom. The van der Waals surface area contributed by atoms with Gasteiger partial charge in [0.05, 0.1) is 22.4 Å². The third kappa shape index (κ3) is 3.62. The molecule has 0 saturated heterocycles. The van der Waals surface area contributed by atoms with Gasteiger partial charge in [-0.3, -0.25) is 14.3 Å². The molecule has 152 valence electrons. The van der Waals surface area contributed by atoms with Crippen molar-refractivity contribution >= 4 is 35.0 Å². The number of allylic oxidation sites excluding steroid dienone is 1. The minimum Gasteiger partial charge on any atom is -0.463 e. The number of halogens is 1. The Kier molecular flexibility index (Phi) is 5.65. The second kappa shape index (κ2) is 8.38. The number of thiazole rings is 1. The molecule has 1 atom stereocenters. The molecule has 3 heterocycles. The fourth-order valence-electron chi connectivity index (χ4n) is 3.39. The van der Waals surface area contributed by atoms with E-state index in [4.69, 9.17) is 16.3 Å². The molecule has 8 heteroatoms. The molecule has 0 amide bonds. The maximum absolute atomic E-state index is 13.4. The van der Waals surface area contributed by atoms with Gasteiger partial charge in [-0.25, -0.2) is 9.79 Å². The molecule has 3 aromatic rings. The standard InChI is InChI=1S/C22H18ClN3O3S/c1-3-29-21(28)18-13(2)25-22-26(19(18)15-6-4-5-7-16(15)23)20(27)17(30-22)12-14-8-10-24-11-9-14/h4-12,19H,3H2,1-2H3/b17-12-/t19-/m0/s1. The number of carbonyl (C=O) groups excluding carboxylic acids is 1. The average Bonchev–Trinajstić information content (AvgIpc) is 3.03. The highest BCUT2D eigenvalue weighted by Crippen LogP contribution is 2.34. The molecule has 0 radical (unpaired) electrons. The highest BCUT2D eigenvalue weighted by molar-refractivity contribution is 7.07. The lowest BCUT2D eigenvalue weighted by molar-refractivity contribution is -0.139. The minimum atomic E-state index is -0.714. The van der Waals surface area contributed by atoms with Crippen molar-refractivity contribution in [1.82, 2.24) is 9.55 Å². The topological polar surface area (TPSA) is 73.6 Å². The number of aromatic nitrogens is 2. The summed E-state index contributed by atoms with van der Waals surface area (Å²) in [7, 11) is 0. The van der Waals surface area contributed by atoms with Gasteiger partial charge in [-0.2, -0.15) is 0 Å². The summed E-state index contributed by atoms with van der Waals surface area (Å²) in [4.78, 5) is 35.3. The number of fused-ring (bicyclic) bond motifs is 1. The van der Waals surface area contributed by atoms with Gasteiger partial charge < -0.3 is 4.74 Å². The van der Waals surface area contributed by atoms with Crippen molar-refractivity contribution in [2.45, 2.75) is 19.9 Å². The predicted molar refractivity (Wildman–Crippen MR) is 116 cm³/mol. The van der Waals surface area contributed by atoms with Gasteiger partial charge in [-0.15, -0.1) is 0 Å². The smallest absolute Gasteiger partial charge is 0.338 e. The number of benzene rings is 1. The molecule has 0 bridgehead atoms. The quantitative estimate of drug-likeness (QED) is 0.586. The number of rotatable bonds is 4. The van der Waals surface area contributed by atoms with Gasteiger partial charge in [0.1, 0.15) is 6.04 Å². The molecule has 2 aromatic heterocycles. The molecule has 1 aliphatic rings. The second-order valence-electron chi connectivity index (χ2n) is 6.60. The van der Waals surface area contributed by atoms with Crippen molar-refractivity contribution in [1.29, 1.82) is 0 Å². The van der Waals surface area contributed by atoms with E-state index < -0.39 is 12.0 Å². The van der Waals surface area contributed by atoms with Crippen LogP contribution < -0.4 is 14.9 Å². The van der Waals surface area contributed by atoms with Crippen molar-refractivity contribution < 1.29 is 9.53 Å². The Morgan fingerprint density at radius 2 is 2.00 bits per heavy atom. The van der Waals surface area contributed by atoms with Crippen LogP contribution in [0.4, 0.5) is 0 Å². The van der Waals surface area contributed by atoms with E-state index in [1.54, 1.807) is 44.4 Å². The van der Waals surface area contributed by atoms with E-state index in [0.717, 1.165) is 5.56 Å². The summed E-state index contributed by atoms with van der Waals surface area (Å²) < 4.78 is 7.31. The number of hydrogen-bond acceptors (Lipinski definition) is 6. The summed E-state index contributed by atoms with van der Waals surface area (Å²) in [5.41, 5.74) is 2.08. The molecule has 0 fully saturated rings. The van der Waals surface area contributed by atoms with E-state index in [1.165, 1.54) is 15.9 Å². The zero-order valence-electron chi connectivity index (χ0n) is 16.3. The van der Waals surface area contributed by atoms with Crippen LogP contribution in [0, 0.1) is 0 Å². The first-order chi connectivity index (χ1) is 14.5. The number of nitrogens with zero attached hydrogens (tertiary/aromatic N) is 3. The van der Waals surface area contributed by atoms with E-state index in [-0.39, 0.29) is 12.2 Å². The van der Waals surface area contributed by atoms with Crippen molar-refractivity contribution in [3.63, 3.8) is 0 Å². The molecule has 0 unspecified atom stereocenters. The highest BCUT2D eigenvalue weighted by Gasteiger charge is 2.34. The molecular weight excluding hydrogens is 422 g/mol. The molecule has 0 aliphatic carbocycles. The maximum atomic E-state index is 13.4. The van der Waals surface area contributed by atoms with Gasteiger partial charge in [-0.1, -0.05) is 41.1 Å². The number of pyridine rings is 1. The Labute approximate surface area is 181 Å². The Morgan fingerprint density at radius 1 is 1.27 bits per heavy atom. The summed E-state index contributed by atoms with van der Waals surface area (Å²) in [6.07, 6.45) is 5.12. The van der Waals surface area contributed by atoms with Crippen molar-refractivity contribution in [2.24, 2.45) is 4.99 Å². The highest BCUT2D eigenvalue weighted by atomic mass is 35.5. The van der Waals surface area contributed by atoms with E-state index in [9.17, 15) is 9.59 Å². The first kappa shape index (κ1) is 20.3. The number of ether oxygens (including phenoxy) is 1. The third-order valence-corrected chi connectivity index (χ3v) is 6.05. The number of hydrogen-bond donors (Lipinski definition) is 0.